The second-order valence-corrected chi connectivity index (χ2v) is 4.93. The Labute approximate surface area is 106 Å². The fourth-order valence-corrected chi connectivity index (χ4v) is 1.93. The molecule has 1 aromatic carbocycles. The van der Waals surface area contributed by atoms with Crippen LogP contribution in [0.4, 0.5) is 18.0 Å². The van der Waals surface area contributed by atoms with Crippen LogP contribution in [-0.4, -0.2) is 21.6 Å². The van der Waals surface area contributed by atoms with Crippen molar-refractivity contribution in [3.8, 4) is 0 Å². The van der Waals surface area contributed by atoms with Crippen LogP contribution >= 0.6 is 0 Å². The van der Waals surface area contributed by atoms with Gasteiger partial charge in [0.2, 0.25) is 0 Å². The summed E-state index contributed by atoms with van der Waals surface area (Å²) in [6.45, 7) is 0. The molecule has 106 valence electrons. The van der Waals surface area contributed by atoms with Crippen LogP contribution in [0.15, 0.2) is 29.2 Å². The molecule has 0 saturated heterocycles. The first-order valence-electron chi connectivity index (χ1n) is 4.70. The highest BCUT2D eigenvalue weighted by molar-refractivity contribution is 7.89. The average molecular weight is 298 g/mol. The van der Waals surface area contributed by atoms with Gasteiger partial charge < -0.3 is 4.74 Å². The zero-order valence-corrected chi connectivity index (χ0v) is 10.3. The number of benzene rings is 1. The lowest BCUT2D eigenvalue weighted by Crippen LogP contribution is -2.41. The number of halogens is 3. The lowest BCUT2D eigenvalue weighted by atomic mass is 10.2. The highest BCUT2D eigenvalue weighted by Gasteiger charge is 2.31. The fraction of sp³-hybridized carbons (Fsp3) is 0.222. The molecule has 0 radical (unpaired) electrons. The van der Waals surface area contributed by atoms with Gasteiger partial charge in [0.1, 0.15) is 0 Å². The van der Waals surface area contributed by atoms with Gasteiger partial charge in [0.25, 0.3) is 10.0 Å². The van der Waals surface area contributed by atoms with Gasteiger partial charge in [0, 0.05) is 0 Å². The normalized spacial score (nSPS) is 12.0. The number of carbonyl (C=O) groups is 1. The number of sulfonamides is 1. The molecule has 19 heavy (non-hydrogen) atoms. The van der Waals surface area contributed by atoms with Crippen molar-refractivity contribution < 1.29 is 31.1 Å². The van der Waals surface area contributed by atoms with Gasteiger partial charge in [-0.3, -0.25) is 0 Å². The number of alkyl halides is 3. The number of hydrogen-bond donors (Lipinski definition) is 2. The van der Waals surface area contributed by atoms with Crippen molar-refractivity contribution in [2.75, 3.05) is 7.11 Å². The van der Waals surface area contributed by atoms with Gasteiger partial charge in [0.15, 0.2) is 0 Å². The zero-order valence-electron chi connectivity index (χ0n) is 9.48. The Kier molecular flexibility index (Phi) is 4.37. The maximum Gasteiger partial charge on any atom is 0.422 e. The summed E-state index contributed by atoms with van der Waals surface area (Å²) in [5.74, 6) is 0. The minimum Gasteiger partial charge on any atom is -0.452 e. The van der Waals surface area contributed by atoms with E-state index in [0.717, 1.165) is 25.3 Å². The second-order valence-electron chi connectivity index (χ2n) is 3.25. The Morgan fingerprint density at radius 2 is 1.95 bits per heavy atom. The molecule has 0 bridgehead atoms. The topological polar surface area (TPSA) is 84.5 Å². The summed E-state index contributed by atoms with van der Waals surface area (Å²) in [5, 5.41) is 0. The lowest BCUT2D eigenvalue weighted by Gasteiger charge is -2.10. The molecule has 10 heteroatoms. The van der Waals surface area contributed by atoms with E-state index in [0.29, 0.717) is 6.07 Å². The summed E-state index contributed by atoms with van der Waals surface area (Å²) in [6.07, 6.45) is -5.77. The molecule has 0 aliphatic rings. The number of nitrogens with one attached hydrogen (secondary N) is 2. The van der Waals surface area contributed by atoms with Crippen LogP contribution in [0.3, 0.4) is 0 Å². The van der Waals surface area contributed by atoms with Crippen LogP contribution in [0.25, 0.3) is 0 Å². The molecular weight excluding hydrogens is 289 g/mol. The van der Waals surface area contributed by atoms with E-state index in [1.807, 2.05) is 0 Å². The van der Waals surface area contributed by atoms with E-state index in [2.05, 4.69) is 4.74 Å². The maximum absolute atomic E-state index is 12.4. The van der Waals surface area contributed by atoms with Crippen LogP contribution in [0.2, 0.25) is 0 Å². The molecule has 1 amide bonds. The summed E-state index contributed by atoms with van der Waals surface area (Å²) >= 11 is 0. The number of hydrazine groups is 1. The van der Waals surface area contributed by atoms with Gasteiger partial charge in [-0.05, 0) is 18.2 Å². The van der Waals surface area contributed by atoms with E-state index in [9.17, 15) is 26.4 Å². The van der Waals surface area contributed by atoms with Crippen molar-refractivity contribution in [3.05, 3.63) is 29.8 Å². The monoisotopic (exact) mass is 298 g/mol. The second kappa shape index (κ2) is 5.45. The Morgan fingerprint density at radius 3 is 2.47 bits per heavy atom. The Morgan fingerprint density at radius 1 is 1.32 bits per heavy atom. The summed E-state index contributed by atoms with van der Waals surface area (Å²) in [7, 11) is -3.32. The smallest absolute Gasteiger partial charge is 0.422 e. The molecule has 0 unspecified atom stereocenters. The van der Waals surface area contributed by atoms with Crippen molar-refractivity contribution in [2.45, 2.75) is 11.1 Å². The van der Waals surface area contributed by atoms with Crippen molar-refractivity contribution in [2.24, 2.45) is 0 Å². The molecule has 0 fully saturated rings. The van der Waals surface area contributed by atoms with E-state index in [-0.39, 0.29) is 0 Å². The minimum absolute atomic E-state index is 0.446. The summed E-state index contributed by atoms with van der Waals surface area (Å²) in [6, 6.07) is 3.07. The first-order valence-corrected chi connectivity index (χ1v) is 6.18. The number of hydrogen-bond acceptors (Lipinski definition) is 4. The van der Waals surface area contributed by atoms with E-state index in [4.69, 9.17) is 0 Å². The van der Waals surface area contributed by atoms with Crippen LogP contribution < -0.4 is 10.3 Å². The number of ether oxygens (including phenoxy) is 1. The quantitative estimate of drug-likeness (QED) is 0.823. The third kappa shape index (κ3) is 4.10. The van der Waals surface area contributed by atoms with Crippen molar-refractivity contribution in [3.63, 3.8) is 0 Å². The van der Waals surface area contributed by atoms with Gasteiger partial charge in [-0.25, -0.2) is 18.6 Å². The SMILES string of the molecule is COC(=O)NNS(=O)(=O)c1cccc(C(F)(F)F)c1. The van der Waals surface area contributed by atoms with Crippen molar-refractivity contribution >= 4 is 16.1 Å². The van der Waals surface area contributed by atoms with E-state index >= 15 is 0 Å². The predicted molar refractivity (Wildman–Crippen MR) is 57.3 cm³/mol. The van der Waals surface area contributed by atoms with E-state index in [1.165, 1.54) is 0 Å². The summed E-state index contributed by atoms with van der Waals surface area (Å²) in [5.41, 5.74) is 0.532. The van der Waals surface area contributed by atoms with Crippen molar-refractivity contribution in [1.82, 2.24) is 10.3 Å². The molecule has 0 atom stereocenters. The largest absolute Gasteiger partial charge is 0.452 e. The fourth-order valence-electron chi connectivity index (χ4n) is 1.06. The van der Waals surface area contributed by atoms with Crippen LogP contribution in [0.5, 0.6) is 0 Å². The summed E-state index contributed by atoms with van der Waals surface area (Å²) < 4.78 is 64.5. The zero-order chi connectivity index (χ0) is 14.7. The molecule has 0 heterocycles. The highest BCUT2D eigenvalue weighted by atomic mass is 32.2. The Balaban J connectivity index is 2.99. The van der Waals surface area contributed by atoms with Crippen LogP contribution in [0.1, 0.15) is 5.56 Å². The molecule has 0 aromatic heterocycles. The van der Waals surface area contributed by atoms with Gasteiger partial charge in [-0.2, -0.15) is 13.2 Å². The van der Waals surface area contributed by atoms with Crippen LogP contribution in [-0.2, 0) is 20.9 Å². The van der Waals surface area contributed by atoms with Crippen LogP contribution in [0, 0.1) is 0 Å². The predicted octanol–water partition coefficient (Wildman–Crippen LogP) is 1.25. The van der Waals surface area contributed by atoms with Gasteiger partial charge in [-0.1, -0.05) is 6.07 Å². The third-order valence-electron chi connectivity index (χ3n) is 1.94. The first kappa shape index (κ1) is 15.2. The molecule has 0 saturated carbocycles. The highest BCUT2D eigenvalue weighted by Crippen LogP contribution is 2.30. The van der Waals surface area contributed by atoms with Gasteiger partial charge in [-0.15, -0.1) is 4.83 Å². The lowest BCUT2D eigenvalue weighted by molar-refractivity contribution is -0.137. The third-order valence-corrected chi connectivity index (χ3v) is 3.19. The van der Waals surface area contributed by atoms with Crippen molar-refractivity contribution in [1.29, 1.82) is 0 Å². The standard InChI is InChI=1S/C9H9F3N2O4S/c1-18-8(15)13-14-19(16,17)7-4-2-3-6(5-7)9(10,11)12/h2-5,14H,1H3,(H,13,15). The maximum atomic E-state index is 12.4. The van der Waals surface area contributed by atoms with Gasteiger partial charge in [0.05, 0.1) is 17.6 Å². The number of carbonyl (C=O) groups excluding carboxylic acids is 1. The number of amides is 1. The molecule has 0 spiro atoms. The molecule has 1 aromatic rings. The molecule has 1 rings (SSSR count). The minimum atomic E-state index is -4.67. The number of methoxy groups -OCH3 is 1. The molecule has 0 aliphatic heterocycles. The summed E-state index contributed by atoms with van der Waals surface area (Å²) in [4.78, 5) is 11.6. The average Bonchev–Trinajstić information content (AvgIpc) is 2.35. The Bertz CT molecular complexity index is 571. The molecule has 6 nitrogen and oxygen atoms in total. The molecular formula is C9H9F3N2O4S. The Hall–Kier alpha value is -1.81. The van der Waals surface area contributed by atoms with Gasteiger partial charge >= 0.3 is 12.3 Å². The first-order chi connectivity index (χ1) is 8.66. The van der Waals surface area contributed by atoms with E-state index in [1.54, 1.807) is 10.3 Å². The molecule has 0 aliphatic carbocycles. The number of rotatable bonds is 3. The molecule has 2 N–H and O–H groups in total. The van der Waals surface area contributed by atoms with E-state index < -0.39 is 32.8 Å².